The van der Waals surface area contributed by atoms with Gasteiger partial charge in [-0.3, -0.25) is 0 Å². The number of ether oxygens (including phenoxy) is 1. The fraction of sp³-hybridized carbons (Fsp3) is 0.103. The van der Waals surface area contributed by atoms with E-state index in [4.69, 9.17) is 9.72 Å². The van der Waals surface area contributed by atoms with Crippen LogP contribution in [0.5, 0.6) is 11.5 Å². The van der Waals surface area contributed by atoms with E-state index in [1.165, 1.54) is 11.1 Å². The fourth-order valence-corrected chi connectivity index (χ4v) is 15.3. The topological polar surface area (TPSA) is 38.5 Å². The van der Waals surface area contributed by atoms with Gasteiger partial charge in [-0.25, -0.2) is 0 Å². The number of imidazole rings is 1. The number of hydrogen-bond acceptors (Lipinski definition) is 4. The molecule has 1 spiro atoms. The van der Waals surface area contributed by atoms with Crippen molar-refractivity contribution in [3.8, 4) is 67.4 Å². The first-order valence-electron chi connectivity index (χ1n) is 32.2. The molecule has 0 bridgehead atoms. The minimum atomic E-state index is -0.888. The molecular weight excluding hydrogens is 1330 g/mol. The van der Waals surface area contributed by atoms with E-state index in [1.54, 1.807) is 0 Å². The molecule has 94 heavy (non-hydrogen) atoms. The molecule has 6 nitrogen and oxygen atoms in total. The zero-order chi connectivity index (χ0) is 63.9. The van der Waals surface area contributed by atoms with Gasteiger partial charge in [0, 0.05) is 11.9 Å². The van der Waals surface area contributed by atoms with Gasteiger partial charge in [-0.05, 0) is 63.6 Å². The second-order valence-corrected chi connectivity index (χ2v) is 27.5. The van der Waals surface area contributed by atoms with Crippen LogP contribution in [-0.4, -0.2) is 14.1 Å². The van der Waals surface area contributed by atoms with Crippen LogP contribution in [-0.2, 0) is 35.6 Å². The first-order valence-corrected chi connectivity index (χ1v) is 33.3. The molecule has 4 heterocycles. The van der Waals surface area contributed by atoms with Crippen molar-refractivity contribution in [1.29, 1.82) is 0 Å². The molecule has 0 unspecified atom stereocenters. The maximum absolute atomic E-state index is 7.23. The summed E-state index contributed by atoms with van der Waals surface area (Å²) in [7, 11) is 0. The third-order valence-corrected chi connectivity index (χ3v) is 19.7. The molecule has 2 aliphatic heterocycles. The summed E-state index contributed by atoms with van der Waals surface area (Å²) in [4.78, 5) is 10.0. The van der Waals surface area contributed by atoms with Gasteiger partial charge >= 0.3 is 331 Å². The SMILES string of the molecule is CC(C)(C)c1ccnc(N2c3[c-]c(Oc4[c-]c(-n5[c](=[Pt])n(-c6c(-c7ccccc7)cc(C(C)(C)C)cc6-c6ccccc6)c6ccccc65)ccc4)ccc3C3(c4ccccc42)c2ccc(-c4ccccc4)cc2N(c2ccccc2)c2cc(-c4ccccc4)ccc23)c1. The van der Waals surface area contributed by atoms with Crippen molar-refractivity contribution >= 4 is 45.3 Å². The first-order chi connectivity index (χ1) is 45.8. The molecule has 0 fully saturated rings. The van der Waals surface area contributed by atoms with Gasteiger partial charge in [0.1, 0.15) is 0 Å². The van der Waals surface area contributed by atoms with Gasteiger partial charge in [0.2, 0.25) is 0 Å². The molecular formula is C87H67N5OPt-2. The molecule has 0 amide bonds. The molecule has 0 N–H and O–H groups in total. The molecule has 16 rings (SSSR count). The third kappa shape index (κ3) is 9.90. The van der Waals surface area contributed by atoms with Crippen molar-refractivity contribution in [2.24, 2.45) is 0 Å². The van der Waals surface area contributed by atoms with Crippen LogP contribution in [0.3, 0.4) is 0 Å². The van der Waals surface area contributed by atoms with Crippen LogP contribution in [0.1, 0.15) is 74.9 Å². The Kier molecular flexibility index (Phi) is 14.4. The van der Waals surface area contributed by atoms with E-state index in [0.29, 0.717) is 11.5 Å². The second kappa shape index (κ2) is 23.2. The van der Waals surface area contributed by atoms with Gasteiger partial charge < -0.3 is 4.90 Å². The zero-order valence-corrected chi connectivity index (χ0v) is 55.5. The van der Waals surface area contributed by atoms with Gasteiger partial charge in [-0.15, -0.1) is 0 Å². The summed E-state index contributed by atoms with van der Waals surface area (Å²) >= 11 is 2.52. The Balaban J connectivity index is 0.908. The molecule has 0 radical (unpaired) electrons. The van der Waals surface area contributed by atoms with E-state index in [0.717, 1.165) is 127 Å². The van der Waals surface area contributed by atoms with E-state index in [1.807, 2.05) is 12.3 Å². The minimum Gasteiger partial charge on any atom is -0.310 e. The smallest absolute Gasteiger partial charge is 0.310 e. The van der Waals surface area contributed by atoms with Crippen molar-refractivity contribution in [3.63, 3.8) is 0 Å². The Morgan fingerprint density at radius 2 is 0.872 bits per heavy atom. The number of hydrogen-bond donors (Lipinski definition) is 0. The molecule has 7 heteroatoms. The Labute approximate surface area is 561 Å². The summed E-state index contributed by atoms with van der Waals surface area (Å²) in [5.41, 5.74) is 24.0. The number of pyridine rings is 1. The Bertz CT molecular complexity index is 5130. The van der Waals surface area contributed by atoms with Gasteiger partial charge in [-0.2, -0.15) is 0 Å². The van der Waals surface area contributed by atoms with Crippen LogP contribution in [0, 0.1) is 15.9 Å². The molecule has 0 atom stereocenters. The molecule has 14 aromatic rings. The third-order valence-electron chi connectivity index (χ3n) is 18.7. The second-order valence-electron chi connectivity index (χ2n) is 26.5. The van der Waals surface area contributed by atoms with Crippen molar-refractivity contribution in [2.45, 2.75) is 57.8 Å². The van der Waals surface area contributed by atoms with Crippen molar-refractivity contribution in [2.75, 3.05) is 9.80 Å². The standard InChI is InChI=1S/C87H67N5O.Pt/c1-85(2,3)65-49-50-88-83(55-65)92-77-40-23-22-39-73(77)87(74-46-43-63(59-27-12-7-13-28-59)51-80(74)91(67-35-20-11-21-36-67)81-52-64(44-47-75(81)87)60-29-14-8-15-30-60)76-48-45-70(57-82(76)92)93-69-38-26-37-68(56-69)89-58-90(79-42-25-24-41-78(79)89)84-71(61-31-16-9-17-32-61)53-66(86(4,5)6)54-72(84)62-33-18-10-19-34-62;/h7-55H,1-6H3;/q-2;. The number of aromatic nitrogens is 3. The Morgan fingerprint density at radius 1 is 0.383 bits per heavy atom. The van der Waals surface area contributed by atoms with Gasteiger partial charge in [0.25, 0.3) is 0 Å². The van der Waals surface area contributed by atoms with Crippen LogP contribution in [0.15, 0.2) is 297 Å². The summed E-state index contributed by atoms with van der Waals surface area (Å²) in [6, 6.07) is 113. The molecule has 458 valence electrons. The molecule has 12 aromatic carbocycles. The zero-order valence-electron chi connectivity index (χ0n) is 53.3. The average Bonchev–Trinajstić information content (AvgIpc) is 0.795. The number of rotatable bonds is 10. The Hall–Kier alpha value is -10.7. The fourth-order valence-electron chi connectivity index (χ4n) is 14.2. The number of anilines is 6. The molecule has 0 saturated carbocycles. The predicted molar refractivity (Wildman–Crippen MR) is 382 cm³/mol. The Morgan fingerprint density at radius 3 is 1.45 bits per heavy atom. The summed E-state index contributed by atoms with van der Waals surface area (Å²) < 4.78 is 13.0. The number of benzene rings is 12. The summed E-state index contributed by atoms with van der Waals surface area (Å²) in [6.07, 6.45) is 1.95. The van der Waals surface area contributed by atoms with Gasteiger partial charge in [0.15, 0.2) is 0 Å². The van der Waals surface area contributed by atoms with Crippen LogP contribution < -0.4 is 14.5 Å². The van der Waals surface area contributed by atoms with E-state index in [-0.39, 0.29) is 10.8 Å². The number of para-hydroxylation sites is 4. The van der Waals surface area contributed by atoms with Crippen molar-refractivity contribution in [3.05, 3.63) is 347 Å². The summed E-state index contributed by atoms with van der Waals surface area (Å²) in [5.74, 6) is 1.89. The molecule has 0 saturated heterocycles. The van der Waals surface area contributed by atoms with Crippen LogP contribution in [0.4, 0.5) is 34.3 Å². The first kappa shape index (κ1) is 58.4. The monoisotopic (exact) mass is 1390 g/mol. The van der Waals surface area contributed by atoms with Crippen LogP contribution in [0.2, 0.25) is 0 Å². The normalized spacial score (nSPS) is 13.1. The van der Waals surface area contributed by atoms with Crippen molar-refractivity contribution in [1.82, 2.24) is 14.1 Å². The average molecular weight is 1390 g/mol. The van der Waals surface area contributed by atoms with E-state index in [9.17, 15) is 0 Å². The number of nitrogens with zero attached hydrogens (tertiary/aromatic N) is 5. The van der Waals surface area contributed by atoms with Crippen LogP contribution >= 0.6 is 0 Å². The molecule has 0 aliphatic carbocycles. The maximum atomic E-state index is 7.23. The van der Waals surface area contributed by atoms with Gasteiger partial charge in [0.05, 0.1) is 11.4 Å². The quantitative estimate of drug-likeness (QED) is 0.128. The molecule has 2 aromatic heterocycles. The van der Waals surface area contributed by atoms with E-state index in [2.05, 4.69) is 377 Å². The van der Waals surface area contributed by atoms with E-state index >= 15 is 0 Å². The van der Waals surface area contributed by atoms with Crippen molar-refractivity contribution < 1.29 is 24.1 Å². The minimum absolute atomic E-state index is 0.113. The summed E-state index contributed by atoms with van der Waals surface area (Å²) in [5, 5.41) is 0. The van der Waals surface area contributed by atoms with E-state index < -0.39 is 5.41 Å². The summed E-state index contributed by atoms with van der Waals surface area (Å²) in [6.45, 7) is 13.7. The van der Waals surface area contributed by atoms with Crippen LogP contribution in [0.25, 0.3) is 66.9 Å². The number of fused-ring (bicyclic) bond motifs is 9. The predicted octanol–water partition coefficient (Wildman–Crippen LogP) is 22.5. The molecule has 2 aliphatic rings. The van der Waals surface area contributed by atoms with Gasteiger partial charge in [-0.1, -0.05) is 142 Å².